The lowest BCUT2D eigenvalue weighted by Gasteiger charge is -2.31. The Morgan fingerprint density at radius 3 is 2.31 bits per heavy atom. The van der Waals surface area contributed by atoms with Crippen molar-refractivity contribution in [3.8, 4) is 0 Å². The van der Waals surface area contributed by atoms with E-state index in [1.165, 1.54) is 6.07 Å². The largest absolute Gasteiger partial charge is 0.391 e. The zero-order valence-corrected chi connectivity index (χ0v) is 16.9. The van der Waals surface area contributed by atoms with Crippen LogP contribution in [0.1, 0.15) is 43.6 Å². The van der Waals surface area contributed by atoms with Gasteiger partial charge in [0.2, 0.25) is 0 Å². The van der Waals surface area contributed by atoms with Crippen LogP contribution in [0.25, 0.3) is 0 Å². The standard InChI is InChI=1S/C18H23F4N3.HI/c1-23-17(24-12-8-6-11(7-9-12)18(20,21)22)25-16-10-14(16)13-4-2-3-5-15(13)19;/h2-5,11-12,14,16H,6-10H2,1H3,(H2,23,24,25);1H. The summed E-state index contributed by atoms with van der Waals surface area (Å²) in [4.78, 5) is 4.16. The lowest BCUT2D eigenvalue weighted by molar-refractivity contribution is -0.182. The summed E-state index contributed by atoms with van der Waals surface area (Å²) in [5.74, 6) is -0.695. The predicted molar refractivity (Wildman–Crippen MR) is 104 cm³/mol. The van der Waals surface area contributed by atoms with Crippen molar-refractivity contribution in [1.82, 2.24) is 10.6 Å². The number of alkyl halides is 3. The summed E-state index contributed by atoms with van der Waals surface area (Å²) >= 11 is 0. The van der Waals surface area contributed by atoms with Crippen LogP contribution < -0.4 is 10.6 Å². The van der Waals surface area contributed by atoms with E-state index in [9.17, 15) is 17.6 Å². The molecule has 2 N–H and O–H groups in total. The van der Waals surface area contributed by atoms with Crippen LogP contribution in [0, 0.1) is 11.7 Å². The Labute approximate surface area is 168 Å². The van der Waals surface area contributed by atoms with Gasteiger partial charge >= 0.3 is 6.18 Å². The molecule has 0 bridgehead atoms. The van der Waals surface area contributed by atoms with Crippen LogP contribution >= 0.6 is 24.0 Å². The number of hydrogen-bond acceptors (Lipinski definition) is 1. The highest BCUT2D eigenvalue weighted by atomic mass is 127. The SMILES string of the molecule is CN=C(NC1CCC(C(F)(F)F)CC1)NC1CC1c1ccccc1F.I. The molecule has 8 heteroatoms. The summed E-state index contributed by atoms with van der Waals surface area (Å²) in [5, 5.41) is 6.47. The summed E-state index contributed by atoms with van der Waals surface area (Å²) in [5.41, 5.74) is 0.695. The van der Waals surface area contributed by atoms with Gasteiger partial charge in [0.15, 0.2) is 5.96 Å². The van der Waals surface area contributed by atoms with E-state index in [0.29, 0.717) is 24.4 Å². The molecule has 1 aromatic rings. The van der Waals surface area contributed by atoms with E-state index in [-0.39, 0.29) is 60.6 Å². The van der Waals surface area contributed by atoms with E-state index in [1.54, 1.807) is 19.2 Å². The van der Waals surface area contributed by atoms with Crippen LogP contribution in [0.4, 0.5) is 17.6 Å². The second kappa shape index (κ2) is 8.75. The lowest BCUT2D eigenvalue weighted by atomic mass is 9.85. The Hall–Kier alpha value is -1.06. The van der Waals surface area contributed by atoms with Crippen molar-refractivity contribution in [3.05, 3.63) is 35.6 Å². The Morgan fingerprint density at radius 1 is 1.08 bits per heavy atom. The van der Waals surface area contributed by atoms with Gasteiger partial charge in [-0.1, -0.05) is 18.2 Å². The number of nitrogens with one attached hydrogen (secondary N) is 2. The highest BCUT2D eigenvalue weighted by molar-refractivity contribution is 14.0. The summed E-state index contributed by atoms with van der Waals surface area (Å²) in [6.07, 6.45) is -2.01. The molecule has 2 aliphatic carbocycles. The summed E-state index contributed by atoms with van der Waals surface area (Å²) < 4.78 is 52.0. The molecule has 1 aromatic carbocycles. The molecule has 3 rings (SSSR count). The van der Waals surface area contributed by atoms with Crippen molar-refractivity contribution in [3.63, 3.8) is 0 Å². The van der Waals surface area contributed by atoms with E-state index in [1.807, 2.05) is 6.07 Å². The van der Waals surface area contributed by atoms with Crippen LogP contribution in [0.15, 0.2) is 29.3 Å². The first kappa shape index (κ1) is 21.2. The molecule has 3 nitrogen and oxygen atoms in total. The number of rotatable bonds is 3. The molecule has 2 unspecified atom stereocenters. The zero-order chi connectivity index (χ0) is 18.0. The third-order valence-corrected chi connectivity index (χ3v) is 5.17. The van der Waals surface area contributed by atoms with Crippen molar-refractivity contribution in [2.45, 2.75) is 56.3 Å². The molecule has 0 amide bonds. The monoisotopic (exact) mass is 485 g/mol. The van der Waals surface area contributed by atoms with Crippen LogP contribution in [0.5, 0.6) is 0 Å². The Balaban J connectivity index is 0.00000243. The number of nitrogens with zero attached hydrogens (tertiary/aromatic N) is 1. The highest BCUT2D eigenvalue weighted by Crippen LogP contribution is 2.42. The predicted octanol–water partition coefficient (Wildman–Crippen LogP) is 4.59. The molecule has 2 saturated carbocycles. The summed E-state index contributed by atoms with van der Waals surface area (Å²) in [6, 6.07) is 6.83. The van der Waals surface area contributed by atoms with Crippen molar-refractivity contribution in [2.24, 2.45) is 10.9 Å². The van der Waals surface area contributed by atoms with Gasteiger partial charge in [-0.3, -0.25) is 4.99 Å². The number of aliphatic imine (C=N–C) groups is 1. The second-order valence-electron chi connectivity index (χ2n) is 6.92. The fourth-order valence-corrected chi connectivity index (χ4v) is 3.58. The molecule has 2 fully saturated rings. The van der Waals surface area contributed by atoms with Crippen molar-refractivity contribution in [2.75, 3.05) is 7.05 Å². The fourth-order valence-electron chi connectivity index (χ4n) is 3.58. The lowest BCUT2D eigenvalue weighted by Crippen LogP contribution is -2.46. The van der Waals surface area contributed by atoms with Crippen LogP contribution in [-0.2, 0) is 0 Å². The van der Waals surface area contributed by atoms with E-state index < -0.39 is 12.1 Å². The topological polar surface area (TPSA) is 36.4 Å². The minimum absolute atomic E-state index is 0. The van der Waals surface area contributed by atoms with Gasteiger partial charge in [-0.05, 0) is 43.7 Å². The molecule has 0 spiro atoms. The highest BCUT2D eigenvalue weighted by Gasteiger charge is 2.42. The molecule has 0 radical (unpaired) electrons. The first-order valence-corrected chi connectivity index (χ1v) is 8.69. The smallest absolute Gasteiger partial charge is 0.354 e. The van der Waals surface area contributed by atoms with Gasteiger partial charge in [0.25, 0.3) is 0 Å². The average Bonchev–Trinajstić information content (AvgIpc) is 3.33. The Kier molecular flexibility index (Phi) is 7.15. The van der Waals surface area contributed by atoms with Gasteiger partial charge in [0, 0.05) is 25.0 Å². The number of halogens is 5. The van der Waals surface area contributed by atoms with Crippen molar-refractivity contribution >= 4 is 29.9 Å². The molecule has 0 heterocycles. The van der Waals surface area contributed by atoms with E-state index in [0.717, 1.165) is 6.42 Å². The van der Waals surface area contributed by atoms with Crippen LogP contribution in [-0.4, -0.2) is 31.3 Å². The molecule has 146 valence electrons. The van der Waals surface area contributed by atoms with Gasteiger partial charge in [-0.2, -0.15) is 13.2 Å². The molecule has 2 aliphatic rings. The normalized spacial score (nSPS) is 28.9. The maximum atomic E-state index is 13.8. The maximum Gasteiger partial charge on any atom is 0.391 e. The molecule has 0 aromatic heterocycles. The van der Waals surface area contributed by atoms with Crippen LogP contribution in [0.2, 0.25) is 0 Å². The van der Waals surface area contributed by atoms with E-state index >= 15 is 0 Å². The molecular formula is C18H24F4IN3. The first-order valence-electron chi connectivity index (χ1n) is 8.69. The molecule has 0 aliphatic heterocycles. The second-order valence-corrected chi connectivity index (χ2v) is 6.92. The minimum atomic E-state index is -4.09. The molecule has 26 heavy (non-hydrogen) atoms. The molecule has 0 saturated heterocycles. The summed E-state index contributed by atoms with van der Waals surface area (Å²) in [6.45, 7) is 0. The summed E-state index contributed by atoms with van der Waals surface area (Å²) in [7, 11) is 1.64. The van der Waals surface area contributed by atoms with E-state index in [4.69, 9.17) is 0 Å². The van der Waals surface area contributed by atoms with Crippen molar-refractivity contribution in [1.29, 1.82) is 0 Å². The third kappa shape index (κ3) is 5.23. The quantitative estimate of drug-likeness (QED) is 0.285. The van der Waals surface area contributed by atoms with Crippen LogP contribution in [0.3, 0.4) is 0 Å². The average molecular weight is 485 g/mol. The molecule has 2 atom stereocenters. The van der Waals surface area contributed by atoms with Gasteiger partial charge in [-0.25, -0.2) is 4.39 Å². The van der Waals surface area contributed by atoms with Gasteiger partial charge in [0.05, 0.1) is 5.92 Å². The number of guanidine groups is 1. The molecular weight excluding hydrogens is 461 g/mol. The van der Waals surface area contributed by atoms with E-state index in [2.05, 4.69) is 15.6 Å². The van der Waals surface area contributed by atoms with Gasteiger partial charge in [0.1, 0.15) is 5.82 Å². The minimum Gasteiger partial charge on any atom is -0.354 e. The third-order valence-electron chi connectivity index (χ3n) is 5.17. The Bertz CT molecular complexity index is 627. The first-order chi connectivity index (χ1) is 11.9. The maximum absolute atomic E-state index is 13.8. The number of hydrogen-bond donors (Lipinski definition) is 2. The van der Waals surface area contributed by atoms with Crippen molar-refractivity contribution < 1.29 is 17.6 Å². The van der Waals surface area contributed by atoms with Gasteiger partial charge in [-0.15, -0.1) is 24.0 Å². The number of benzene rings is 1. The Morgan fingerprint density at radius 2 is 1.73 bits per heavy atom. The zero-order valence-electron chi connectivity index (χ0n) is 14.5. The fraction of sp³-hybridized carbons (Fsp3) is 0.611. The van der Waals surface area contributed by atoms with Gasteiger partial charge < -0.3 is 10.6 Å².